The van der Waals surface area contributed by atoms with Crippen molar-refractivity contribution in [2.75, 3.05) is 81.8 Å². The second kappa shape index (κ2) is 45.6. The van der Waals surface area contributed by atoms with E-state index in [0.29, 0.717) is 0 Å². The average molecular weight is 1470 g/mol. The van der Waals surface area contributed by atoms with Crippen LogP contribution in [0.25, 0.3) is 0 Å². The maximum absolute atomic E-state index is 2.80. The lowest BCUT2D eigenvalue weighted by atomic mass is 9.86. The summed E-state index contributed by atoms with van der Waals surface area (Å²) in [6.45, 7) is 9.37. The first-order valence-electron chi connectivity index (χ1n) is 47.7. The van der Waals surface area contributed by atoms with Crippen LogP contribution in [0.5, 0.6) is 0 Å². The van der Waals surface area contributed by atoms with Gasteiger partial charge >= 0.3 is 0 Å². The van der Waals surface area contributed by atoms with Crippen LogP contribution < -0.4 is 29.4 Å². The molecule has 0 saturated heterocycles. The quantitative estimate of drug-likeness (QED) is 0.0385. The molecule has 0 N–H and O–H groups in total. The van der Waals surface area contributed by atoms with Crippen LogP contribution in [0.4, 0.5) is 56.9 Å². The van der Waals surface area contributed by atoms with Gasteiger partial charge in [0, 0.05) is 109 Å². The topological polar surface area (TPSA) is 19.4 Å². The van der Waals surface area contributed by atoms with Crippen LogP contribution in [-0.2, 0) is 0 Å². The molecule has 0 spiro atoms. The summed E-state index contributed by atoms with van der Waals surface area (Å²) in [4.78, 5) is 16.4. The fraction of sp³-hybridized carbons (Fsp3) is 0.706. The van der Waals surface area contributed by atoms with E-state index in [1.807, 2.05) is 0 Å². The van der Waals surface area contributed by atoms with Gasteiger partial charge in [-0.25, -0.2) is 0 Å². The number of benzene rings is 5. The highest BCUT2D eigenvalue weighted by atomic mass is 15.2. The van der Waals surface area contributed by atoms with Crippen molar-refractivity contribution in [1.82, 2.24) is 0 Å². The molecule has 8 saturated carbocycles. The van der Waals surface area contributed by atoms with Gasteiger partial charge in [-0.05, 0) is 271 Å². The molecule has 8 aliphatic carbocycles. The maximum atomic E-state index is 2.80. The molecule has 5 aromatic carbocycles. The van der Waals surface area contributed by atoms with Gasteiger partial charge in [-0.15, -0.1) is 0 Å². The Morgan fingerprint density at radius 2 is 0.259 bits per heavy atom. The zero-order valence-electron chi connectivity index (χ0n) is 69.1. The van der Waals surface area contributed by atoms with Crippen molar-refractivity contribution in [3.8, 4) is 0 Å². The van der Waals surface area contributed by atoms with E-state index in [1.165, 1.54) is 469 Å². The zero-order valence-corrected chi connectivity index (χ0v) is 69.1. The summed E-state index contributed by atoms with van der Waals surface area (Å²) in [6, 6.07) is 49.7. The van der Waals surface area contributed by atoms with Gasteiger partial charge in [0.25, 0.3) is 0 Å². The molecular weight excluding hydrogens is 1310 g/mol. The Hall–Kier alpha value is -5.10. The third-order valence-corrected chi connectivity index (χ3v) is 29.4. The molecule has 0 aliphatic heterocycles. The molecule has 6 heteroatoms. The highest BCUT2D eigenvalue weighted by Gasteiger charge is 2.26. The monoisotopic (exact) mass is 1470 g/mol. The predicted octanol–water partition coefficient (Wildman–Crippen LogP) is 30.7. The molecule has 8 aliphatic rings. The molecule has 594 valence electrons. The fourth-order valence-corrected chi connectivity index (χ4v) is 22.7. The summed E-state index contributed by atoms with van der Waals surface area (Å²) < 4.78 is 0. The number of nitrogens with zero attached hydrogens (tertiary/aromatic N) is 6. The highest BCUT2D eigenvalue weighted by Crippen LogP contribution is 2.44. The fourth-order valence-electron chi connectivity index (χ4n) is 22.7. The normalized spacial score (nSPS) is 19.7. The minimum atomic E-state index is 0.928. The van der Waals surface area contributed by atoms with E-state index in [4.69, 9.17) is 0 Å². The van der Waals surface area contributed by atoms with Gasteiger partial charge in [-0.3, -0.25) is 0 Å². The van der Waals surface area contributed by atoms with Gasteiger partial charge in [0.2, 0.25) is 0 Å². The van der Waals surface area contributed by atoms with Crippen LogP contribution in [0.15, 0.2) is 121 Å². The van der Waals surface area contributed by atoms with Crippen LogP contribution in [0.1, 0.15) is 360 Å². The van der Waals surface area contributed by atoms with Crippen molar-refractivity contribution in [2.24, 2.45) is 47.3 Å². The van der Waals surface area contributed by atoms with E-state index in [9.17, 15) is 0 Å². The van der Waals surface area contributed by atoms with Crippen molar-refractivity contribution in [2.45, 2.75) is 360 Å². The minimum Gasteiger partial charge on any atom is -0.372 e. The Labute approximate surface area is 662 Å². The number of anilines is 10. The summed E-state index contributed by atoms with van der Waals surface area (Å²) in [6.07, 6.45) is 79.4. The first-order valence-corrected chi connectivity index (χ1v) is 47.7. The first kappa shape index (κ1) is 80.9. The molecule has 0 bridgehead atoms. The van der Waals surface area contributed by atoms with E-state index < -0.39 is 0 Å². The van der Waals surface area contributed by atoms with E-state index in [0.717, 1.165) is 47.3 Å². The molecule has 8 fully saturated rings. The molecule has 0 aromatic heterocycles. The van der Waals surface area contributed by atoms with Gasteiger partial charge in [-0.2, -0.15) is 0 Å². The molecule has 5 aromatic rings. The lowest BCUT2D eigenvalue weighted by Gasteiger charge is -2.32. The summed E-state index contributed by atoms with van der Waals surface area (Å²) in [7, 11) is 0. The van der Waals surface area contributed by atoms with Gasteiger partial charge in [0.1, 0.15) is 0 Å². The molecule has 0 unspecified atom stereocenters. The Balaban J connectivity index is 0.811. The minimum absolute atomic E-state index is 0.928. The van der Waals surface area contributed by atoms with Crippen LogP contribution in [0.2, 0.25) is 0 Å². The van der Waals surface area contributed by atoms with Crippen molar-refractivity contribution >= 4 is 56.9 Å². The Morgan fingerprint density at radius 1 is 0.148 bits per heavy atom. The molecule has 13 rings (SSSR count). The molecule has 6 nitrogen and oxygen atoms in total. The smallest absolute Gasteiger partial charge is 0.0463 e. The second-order valence-electron chi connectivity index (χ2n) is 37.4. The standard InChI is InChI=1S/C102H156N6/c1-9-33-85(34-10-1)49-25-77-103(78-26-50-86-35-11-2-12-36-86)93-57-65-97(66-58-93)107(98-67-59-94(60-68-98)104(79-27-51-87-37-13-3-14-38-87)80-28-52-88-39-15-4-16-40-88)101-73-75-102(76-74-101)108(99-69-61-95(62-70-99)105(81-29-53-89-41-17-5-18-42-89)82-30-54-90-43-19-6-20-44-90)100-71-63-96(64-72-100)106(83-31-55-91-45-21-7-22-46-91)84-32-56-92-47-23-8-24-48-92/h57-76,85-92H,1-56,77-84H2. The van der Waals surface area contributed by atoms with Crippen LogP contribution >= 0.6 is 0 Å². The SMILES string of the molecule is c1cc(N(c2ccc(N(CCCC3CCCCC3)CCCC3CCCCC3)cc2)c2ccc(N(c3ccc(N(CCCC4CCCCC4)CCCC4CCCCC4)cc3)c3ccc(N(CCCC4CCCCC4)CCCC4CCCCC4)cc3)cc2)ccc1N(CCCC1CCCCC1)CCCC1CCCCC1. The summed E-state index contributed by atoms with van der Waals surface area (Å²) in [5.74, 6) is 7.43. The van der Waals surface area contributed by atoms with Crippen LogP contribution in [0.3, 0.4) is 0 Å². The zero-order chi connectivity index (χ0) is 73.3. The lowest BCUT2D eigenvalue weighted by Crippen LogP contribution is -2.27. The van der Waals surface area contributed by atoms with E-state index >= 15 is 0 Å². The molecular formula is C102H156N6. The largest absolute Gasteiger partial charge is 0.372 e. The van der Waals surface area contributed by atoms with E-state index in [1.54, 1.807) is 0 Å². The maximum Gasteiger partial charge on any atom is 0.0463 e. The van der Waals surface area contributed by atoms with Gasteiger partial charge in [0.15, 0.2) is 0 Å². The van der Waals surface area contributed by atoms with Crippen LogP contribution in [-0.4, -0.2) is 52.4 Å². The molecule has 0 heterocycles. The molecule has 108 heavy (non-hydrogen) atoms. The Bertz CT molecular complexity index is 2640. The van der Waals surface area contributed by atoms with E-state index in [-0.39, 0.29) is 0 Å². The van der Waals surface area contributed by atoms with Crippen molar-refractivity contribution in [3.63, 3.8) is 0 Å². The highest BCUT2D eigenvalue weighted by molar-refractivity contribution is 5.83. The summed E-state index contributed by atoms with van der Waals surface area (Å²) in [5, 5.41) is 0. The van der Waals surface area contributed by atoms with Crippen molar-refractivity contribution < 1.29 is 0 Å². The predicted molar refractivity (Wildman–Crippen MR) is 471 cm³/mol. The lowest BCUT2D eigenvalue weighted by molar-refractivity contribution is 0.327. The van der Waals surface area contributed by atoms with Gasteiger partial charge in [-0.1, -0.05) is 257 Å². The third kappa shape index (κ3) is 26.0. The summed E-state index contributed by atoms with van der Waals surface area (Å²) in [5.41, 5.74) is 13.0. The van der Waals surface area contributed by atoms with Crippen molar-refractivity contribution in [3.05, 3.63) is 121 Å². The van der Waals surface area contributed by atoms with Crippen molar-refractivity contribution in [1.29, 1.82) is 0 Å². The van der Waals surface area contributed by atoms with Gasteiger partial charge in [0.05, 0.1) is 0 Å². The molecule has 0 amide bonds. The number of hydrogen-bond acceptors (Lipinski definition) is 6. The third-order valence-electron chi connectivity index (χ3n) is 29.4. The first-order chi connectivity index (χ1) is 53.6. The molecule has 0 radical (unpaired) electrons. The second-order valence-corrected chi connectivity index (χ2v) is 37.4. The van der Waals surface area contributed by atoms with E-state index in [2.05, 4.69) is 151 Å². The van der Waals surface area contributed by atoms with Crippen LogP contribution in [0, 0.1) is 47.3 Å². The molecule has 0 atom stereocenters. The summed E-state index contributed by atoms with van der Waals surface area (Å²) >= 11 is 0. The Morgan fingerprint density at radius 3 is 0.380 bits per heavy atom. The number of rotatable bonds is 42. The average Bonchev–Trinajstić information content (AvgIpc) is 0.787. The van der Waals surface area contributed by atoms with Gasteiger partial charge < -0.3 is 29.4 Å². The number of hydrogen-bond donors (Lipinski definition) is 0. The Kier molecular flexibility index (Phi) is 34.1.